The Morgan fingerprint density at radius 3 is 2.36 bits per heavy atom. The molecule has 0 atom stereocenters. The number of fused-ring (bicyclic) bond motifs is 1. The van der Waals surface area contributed by atoms with Gasteiger partial charge in [0.25, 0.3) is 0 Å². The van der Waals surface area contributed by atoms with Crippen LogP contribution in [-0.4, -0.2) is 78.8 Å². The summed E-state index contributed by atoms with van der Waals surface area (Å²) >= 11 is 0. The molecular weight excluding hydrogens is 555 g/mol. The molecule has 0 bridgehead atoms. The highest BCUT2D eigenvalue weighted by atomic mass is 19.4. The molecule has 12 heteroatoms. The Bertz CT molecular complexity index is 1300. The molecule has 0 aromatic heterocycles. The molecule has 0 spiro atoms. The number of nitrogens with zero attached hydrogens (tertiary/aromatic N) is 3. The van der Waals surface area contributed by atoms with Gasteiger partial charge in [-0.15, -0.1) is 0 Å². The molecule has 3 amide bonds. The van der Waals surface area contributed by atoms with Crippen molar-refractivity contribution in [3.05, 3.63) is 53.6 Å². The highest BCUT2D eigenvalue weighted by molar-refractivity contribution is 5.91. The van der Waals surface area contributed by atoms with E-state index < -0.39 is 18.9 Å². The van der Waals surface area contributed by atoms with Gasteiger partial charge in [0.05, 0.1) is 12.1 Å². The maximum atomic E-state index is 13.2. The van der Waals surface area contributed by atoms with Gasteiger partial charge in [0, 0.05) is 69.2 Å². The monoisotopic (exact) mass is 589 g/mol. The Balaban J connectivity index is 1.22. The van der Waals surface area contributed by atoms with Crippen molar-refractivity contribution in [2.45, 2.75) is 64.0 Å². The van der Waals surface area contributed by atoms with Gasteiger partial charge in [-0.2, -0.15) is 13.2 Å². The number of halogens is 3. The summed E-state index contributed by atoms with van der Waals surface area (Å²) in [5, 5.41) is 0. The van der Waals surface area contributed by atoms with E-state index in [1.54, 1.807) is 26.8 Å². The molecule has 0 aliphatic carbocycles. The maximum absolute atomic E-state index is 13.2. The van der Waals surface area contributed by atoms with Crippen LogP contribution < -0.4 is 14.4 Å². The molecule has 226 valence electrons. The predicted octanol–water partition coefficient (Wildman–Crippen LogP) is 4.71. The lowest BCUT2D eigenvalue weighted by Gasteiger charge is -2.40. The Labute approximate surface area is 242 Å². The zero-order valence-corrected chi connectivity index (χ0v) is 23.4. The van der Waals surface area contributed by atoms with Gasteiger partial charge in [-0.1, -0.05) is 24.3 Å². The van der Waals surface area contributed by atoms with Crippen molar-refractivity contribution in [2.75, 3.05) is 37.7 Å². The normalized spacial score (nSPS) is 18.4. The molecule has 2 fully saturated rings. The minimum atomic E-state index is -4.55. The number of carbonyl (C=O) groups is 3. The second kappa shape index (κ2) is 12.5. The van der Waals surface area contributed by atoms with Gasteiger partial charge in [-0.3, -0.25) is 14.5 Å². The lowest BCUT2D eigenvalue weighted by atomic mass is 10.00. The van der Waals surface area contributed by atoms with E-state index in [2.05, 4.69) is 0 Å². The number of rotatable bonds is 7. The van der Waals surface area contributed by atoms with Crippen molar-refractivity contribution in [3.8, 4) is 11.5 Å². The highest BCUT2D eigenvalue weighted by Gasteiger charge is 2.35. The van der Waals surface area contributed by atoms with E-state index in [0.717, 1.165) is 11.3 Å². The van der Waals surface area contributed by atoms with Crippen LogP contribution in [0.4, 0.5) is 23.7 Å². The summed E-state index contributed by atoms with van der Waals surface area (Å²) in [6.07, 6.45) is -2.98. The average Bonchev–Trinajstić information content (AvgIpc) is 2.97. The number of piperidine rings is 2. The Kier molecular flexibility index (Phi) is 8.79. The van der Waals surface area contributed by atoms with Crippen molar-refractivity contribution < 1.29 is 41.8 Å². The molecule has 0 N–H and O–H groups in total. The number of likely N-dealkylation sites (tertiary alicyclic amines) is 2. The number of hydrogen-bond acceptors (Lipinski definition) is 6. The van der Waals surface area contributed by atoms with E-state index in [9.17, 15) is 27.6 Å². The Hall–Kier alpha value is -3.96. The smallest absolute Gasteiger partial charge is 0.422 e. The lowest BCUT2D eigenvalue weighted by molar-refractivity contribution is -0.153. The standard InChI is InChI=1S/C30H34F3N3O6/c1-20(37)34-14-10-24(11-15-34)42-25-7-6-21(27(17-25)41-19-30(31,32)33)16-28(38)35-12-8-23(9-13-35)36-26-5-3-2-4-22(26)18-40-29(36)39/h2-7,17,23-24H,8-16,18-19H2,1H3. The van der Waals surface area contributed by atoms with Crippen LogP contribution >= 0.6 is 0 Å². The highest BCUT2D eigenvalue weighted by Crippen LogP contribution is 2.33. The number of cyclic esters (lactones) is 1. The molecule has 3 aliphatic rings. The zero-order valence-electron chi connectivity index (χ0n) is 23.4. The van der Waals surface area contributed by atoms with E-state index in [-0.39, 0.29) is 42.7 Å². The minimum Gasteiger partial charge on any atom is -0.490 e. The summed E-state index contributed by atoms with van der Waals surface area (Å²) < 4.78 is 55.5. The number of para-hydroxylation sites is 1. The minimum absolute atomic E-state index is 0.00568. The van der Waals surface area contributed by atoms with E-state index >= 15 is 0 Å². The second-order valence-corrected chi connectivity index (χ2v) is 10.8. The SMILES string of the molecule is CC(=O)N1CCC(Oc2ccc(CC(=O)N3CCC(N4C(=O)OCc5ccccc54)CC3)c(OCC(F)(F)F)c2)CC1. The van der Waals surface area contributed by atoms with Gasteiger partial charge in [-0.05, 0) is 25.0 Å². The molecule has 0 unspecified atom stereocenters. The zero-order chi connectivity index (χ0) is 29.9. The number of anilines is 1. The van der Waals surface area contributed by atoms with Gasteiger partial charge < -0.3 is 24.0 Å². The molecule has 3 heterocycles. The third-order valence-electron chi connectivity index (χ3n) is 7.94. The van der Waals surface area contributed by atoms with Crippen molar-refractivity contribution in [2.24, 2.45) is 0 Å². The largest absolute Gasteiger partial charge is 0.490 e. The van der Waals surface area contributed by atoms with Crippen LogP contribution in [0.5, 0.6) is 11.5 Å². The quantitative estimate of drug-likeness (QED) is 0.465. The first-order chi connectivity index (χ1) is 20.1. The van der Waals surface area contributed by atoms with E-state index in [0.29, 0.717) is 63.2 Å². The first-order valence-electron chi connectivity index (χ1n) is 14.1. The number of alkyl halides is 3. The summed E-state index contributed by atoms with van der Waals surface area (Å²) in [6.45, 7) is 2.14. The van der Waals surface area contributed by atoms with Gasteiger partial charge in [0.2, 0.25) is 11.8 Å². The van der Waals surface area contributed by atoms with Crippen LogP contribution in [-0.2, 0) is 27.4 Å². The summed E-state index contributed by atoms with van der Waals surface area (Å²) in [7, 11) is 0. The molecule has 42 heavy (non-hydrogen) atoms. The van der Waals surface area contributed by atoms with E-state index in [1.165, 1.54) is 13.0 Å². The average molecular weight is 590 g/mol. The summed E-state index contributed by atoms with van der Waals surface area (Å²) in [6, 6.07) is 12.0. The fraction of sp³-hybridized carbons (Fsp3) is 0.500. The third kappa shape index (κ3) is 7.08. The summed E-state index contributed by atoms with van der Waals surface area (Å²) in [5.74, 6) is 0.0483. The van der Waals surface area contributed by atoms with Crippen LogP contribution in [0.1, 0.15) is 43.7 Å². The molecule has 3 aliphatic heterocycles. The van der Waals surface area contributed by atoms with E-state index in [4.69, 9.17) is 14.2 Å². The molecule has 0 radical (unpaired) electrons. The van der Waals surface area contributed by atoms with Crippen molar-refractivity contribution in [1.82, 2.24) is 9.80 Å². The van der Waals surface area contributed by atoms with Crippen LogP contribution in [0.2, 0.25) is 0 Å². The van der Waals surface area contributed by atoms with Crippen LogP contribution in [0.15, 0.2) is 42.5 Å². The number of hydrogen-bond donors (Lipinski definition) is 0. The van der Waals surface area contributed by atoms with Crippen molar-refractivity contribution >= 4 is 23.6 Å². The fourth-order valence-electron chi connectivity index (χ4n) is 5.70. The Morgan fingerprint density at radius 2 is 1.67 bits per heavy atom. The first-order valence-corrected chi connectivity index (χ1v) is 14.1. The molecule has 5 rings (SSSR count). The van der Waals surface area contributed by atoms with Crippen LogP contribution in [0.3, 0.4) is 0 Å². The van der Waals surface area contributed by atoms with Gasteiger partial charge in [-0.25, -0.2) is 4.79 Å². The molecule has 0 saturated carbocycles. The first kappa shape index (κ1) is 29.5. The van der Waals surface area contributed by atoms with Crippen LogP contribution in [0.25, 0.3) is 0 Å². The number of carbonyl (C=O) groups excluding carboxylic acids is 3. The fourth-order valence-corrected chi connectivity index (χ4v) is 5.70. The molecule has 2 saturated heterocycles. The number of ether oxygens (including phenoxy) is 3. The Morgan fingerprint density at radius 1 is 0.976 bits per heavy atom. The topological polar surface area (TPSA) is 88.6 Å². The molecule has 9 nitrogen and oxygen atoms in total. The maximum Gasteiger partial charge on any atom is 0.422 e. The number of amides is 3. The summed E-state index contributed by atoms with van der Waals surface area (Å²) in [5.41, 5.74) is 2.08. The van der Waals surface area contributed by atoms with Crippen molar-refractivity contribution in [1.29, 1.82) is 0 Å². The lowest BCUT2D eigenvalue weighted by Crippen LogP contribution is -2.50. The number of benzene rings is 2. The van der Waals surface area contributed by atoms with Gasteiger partial charge in [0.15, 0.2) is 6.61 Å². The second-order valence-electron chi connectivity index (χ2n) is 10.8. The summed E-state index contributed by atoms with van der Waals surface area (Å²) in [4.78, 5) is 42.4. The molecule has 2 aromatic rings. The van der Waals surface area contributed by atoms with Gasteiger partial charge >= 0.3 is 12.3 Å². The van der Waals surface area contributed by atoms with E-state index in [1.807, 2.05) is 24.3 Å². The van der Waals surface area contributed by atoms with Crippen LogP contribution in [0, 0.1) is 0 Å². The third-order valence-corrected chi connectivity index (χ3v) is 7.94. The van der Waals surface area contributed by atoms with Crippen molar-refractivity contribution in [3.63, 3.8) is 0 Å². The molecular formula is C30H34F3N3O6. The molecule has 2 aromatic carbocycles. The van der Waals surface area contributed by atoms with Gasteiger partial charge in [0.1, 0.15) is 24.2 Å². The predicted molar refractivity (Wildman–Crippen MR) is 146 cm³/mol.